The lowest BCUT2D eigenvalue weighted by Gasteiger charge is -2.19. The highest BCUT2D eigenvalue weighted by molar-refractivity contribution is 5.94. The molecule has 5 nitrogen and oxygen atoms in total. The molecule has 6 heteroatoms. The fourth-order valence-corrected chi connectivity index (χ4v) is 2.58. The van der Waals surface area contributed by atoms with Crippen LogP contribution in [0.15, 0.2) is 42.5 Å². The number of anilines is 1. The molecule has 0 aliphatic rings. The van der Waals surface area contributed by atoms with Crippen LogP contribution in [0.5, 0.6) is 5.75 Å². The maximum Gasteiger partial charge on any atom is 0.238 e. The van der Waals surface area contributed by atoms with E-state index in [0.29, 0.717) is 30.2 Å². The van der Waals surface area contributed by atoms with Gasteiger partial charge in [-0.2, -0.15) is 0 Å². The van der Waals surface area contributed by atoms with Crippen LogP contribution in [0.2, 0.25) is 0 Å². The van der Waals surface area contributed by atoms with Crippen LogP contribution in [0, 0.1) is 5.82 Å². The summed E-state index contributed by atoms with van der Waals surface area (Å²) >= 11 is 0. The Balaban J connectivity index is 2.03. The minimum Gasteiger partial charge on any atom is -0.494 e. The molecule has 1 N–H and O–H groups in total. The highest BCUT2D eigenvalue weighted by Crippen LogP contribution is 2.22. The SMILES string of the molecule is CCOc1ccc(C(C)=O)cc1CN(C)CC(=O)Nc1cccc(F)c1. The van der Waals surface area contributed by atoms with Gasteiger partial charge in [0.05, 0.1) is 13.2 Å². The number of ether oxygens (including phenoxy) is 1. The molecule has 0 saturated carbocycles. The Kier molecular flexibility index (Phi) is 6.86. The Morgan fingerprint density at radius 2 is 1.96 bits per heavy atom. The molecule has 2 aromatic rings. The van der Waals surface area contributed by atoms with Crippen molar-refractivity contribution in [1.29, 1.82) is 0 Å². The van der Waals surface area contributed by atoms with Crippen LogP contribution in [-0.2, 0) is 11.3 Å². The third kappa shape index (κ3) is 5.67. The topological polar surface area (TPSA) is 58.6 Å². The van der Waals surface area contributed by atoms with E-state index in [1.165, 1.54) is 25.1 Å². The number of carbonyl (C=O) groups is 2. The summed E-state index contributed by atoms with van der Waals surface area (Å²) in [6, 6.07) is 11.0. The van der Waals surface area contributed by atoms with E-state index in [2.05, 4.69) is 5.32 Å². The molecule has 2 aromatic carbocycles. The molecular formula is C20H23FN2O3. The van der Waals surface area contributed by atoms with E-state index in [1.54, 1.807) is 36.2 Å². The molecule has 0 spiro atoms. The molecule has 0 heterocycles. The minimum absolute atomic E-state index is 0.0270. The van der Waals surface area contributed by atoms with Crippen molar-refractivity contribution in [2.75, 3.05) is 25.5 Å². The number of rotatable bonds is 8. The van der Waals surface area contributed by atoms with Gasteiger partial charge in [-0.25, -0.2) is 4.39 Å². The van der Waals surface area contributed by atoms with E-state index in [0.717, 1.165) is 5.56 Å². The van der Waals surface area contributed by atoms with Crippen LogP contribution < -0.4 is 10.1 Å². The number of ketones is 1. The molecule has 0 aliphatic heterocycles. The number of carbonyl (C=O) groups excluding carboxylic acids is 2. The van der Waals surface area contributed by atoms with E-state index < -0.39 is 5.82 Å². The van der Waals surface area contributed by atoms with E-state index >= 15 is 0 Å². The number of nitrogens with one attached hydrogen (secondary N) is 1. The quantitative estimate of drug-likeness (QED) is 0.734. The predicted molar refractivity (Wildman–Crippen MR) is 99.0 cm³/mol. The van der Waals surface area contributed by atoms with Gasteiger partial charge in [-0.05, 0) is 57.3 Å². The molecule has 0 fully saturated rings. The number of hydrogen-bond donors (Lipinski definition) is 1. The van der Waals surface area contributed by atoms with Crippen LogP contribution in [0.4, 0.5) is 10.1 Å². The van der Waals surface area contributed by atoms with Crippen molar-refractivity contribution in [2.24, 2.45) is 0 Å². The van der Waals surface area contributed by atoms with Crippen LogP contribution in [0.1, 0.15) is 29.8 Å². The van der Waals surface area contributed by atoms with Gasteiger partial charge in [0.2, 0.25) is 5.91 Å². The third-order valence-electron chi connectivity index (χ3n) is 3.73. The van der Waals surface area contributed by atoms with Gasteiger partial charge in [-0.15, -0.1) is 0 Å². The Labute approximate surface area is 152 Å². The summed E-state index contributed by atoms with van der Waals surface area (Å²) in [5, 5.41) is 2.66. The molecular weight excluding hydrogens is 335 g/mol. The Morgan fingerprint density at radius 3 is 2.62 bits per heavy atom. The smallest absolute Gasteiger partial charge is 0.238 e. The lowest BCUT2D eigenvalue weighted by atomic mass is 10.1. The fraction of sp³-hybridized carbons (Fsp3) is 0.300. The number of nitrogens with zero attached hydrogens (tertiary/aromatic N) is 1. The van der Waals surface area contributed by atoms with Crippen molar-refractivity contribution in [2.45, 2.75) is 20.4 Å². The van der Waals surface area contributed by atoms with E-state index in [4.69, 9.17) is 4.74 Å². The highest BCUT2D eigenvalue weighted by Gasteiger charge is 2.13. The van der Waals surface area contributed by atoms with E-state index in [1.807, 2.05) is 6.92 Å². The van der Waals surface area contributed by atoms with Crippen LogP contribution >= 0.6 is 0 Å². The summed E-state index contributed by atoms with van der Waals surface area (Å²) in [5.41, 5.74) is 1.85. The summed E-state index contributed by atoms with van der Waals surface area (Å²) in [4.78, 5) is 25.6. The number of hydrogen-bond acceptors (Lipinski definition) is 4. The molecule has 0 aliphatic carbocycles. The lowest BCUT2D eigenvalue weighted by molar-refractivity contribution is -0.117. The van der Waals surface area contributed by atoms with Gasteiger partial charge in [0.25, 0.3) is 0 Å². The maximum absolute atomic E-state index is 13.2. The number of likely N-dealkylation sites (N-methyl/N-ethyl adjacent to an activating group) is 1. The first kappa shape index (κ1) is 19.6. The first-order chi connectivity index (χ1) is 12.4. The Hall–Kier alpha value is -2.73. The molecule has 2 rings (SSSR count). The minimum atomic E-state index is -0.404. The number of amides is 1. The molecule has 138 valence electrons. The van der Waals surface area contributed by atoms with Gasteiger partial charge < -0.3 is 10.1 Å². The van der Waals surface area contributed by atoms with Crippen molar-refractivity contribution in [3.05, 3.63) is 59.4 Å². The van der Waals surface area contributed by atoms with Crippen LogP contribution in [0.25, 0.3) is 0 Å². The Bertz CT molecular complexity index is 792. The maximum atomic E-state index is 13.2. The molecule has 0 bridgehead atoms. The number of halogens is 1. The highest BCUT2D eigenvalue weighted by atomic mass is 19.1. The lowest BCUT2D eigenvalue weighted by Crippen LogP contribution is -2.30. The van der Waals surface area contributed by atoms with Crippen molar-refractivity contribution in [3.8, 4) is 5.75 Å². The van der Waals surface area contributed by atoms with Crippen molar-refractivity contribution >= 4 is 17.4 Å². The van der Waals surface area contributed by atoms with Crippen LogP contribution in [0.3, 0.4) is 0 Å². The third-order valence-corrected chi connectivity index (χ3v) is 3.73. The first-order valence-corrected chi connectivity index (χ1v) is 8.39. The number of benzene rings is 2. The molecule has 0 radical (unpaired) electrons. The average Bonchev–Trinajstić information content (AvgIpc) is 2.56. The van der Waals surface area contributed by atoms with Gasteiger partial charge in [0.15, 0.2) is 5.78 Å². The summed E-state index contributed by atoms with van der Waals surface area (Å²) in [6.07, 6.45) is 0. The van der Waals surface area contributed by atoms with Crippen molar-refractivity contribution < 1.29 is 18.7 Å². The van der Waals surface area contributed by atoms with Gasteiger partial charge in [-0.3, -0.25) is 14.5 Å². The van der Waals surface area contributed by atoms with Gasteiger partial charge in [0.1, 0.15) is 11.6 Å². The Morgan fingerprint density at radius 1 is 1.19 bits per heavy atom. The average molecular weight is 358 g/mol. The van der Waals surface area contributed by atoms with Crippen LogP contribution in [-0.4, -0.2) is 36.8 Å². The van der Waals surface area contributed by atoms with E-state index in [-0.39, 0.29) is 18.2 Å². The van der Waals surface area contributed by atoms with E-state index in [9.17, 15) is 14.0 Å². The fourth-order valence-electron chi connectivity index (χ4n) is 2.58. The summed E-state index contributed by atoms with van der Waals surface area (Å²) in [6.45, 7) is 4.46. The standard InChI is InChI=1S/C20H23FN2O3/c1-4-26-19-9-8-15(14(2)24)10-16(19)12-23(3)13-20(25)22-18-7-5-6-17(21)11-18/h5-11H,4,12-13H2,1-3H3,(H,22,25). The van der Waals surface area contributed by atoms with Crippen molar-refractivity contribution in [1.82, 2.24) is 4.90 Å². The molecule has 0 atom stereocenters. The number of Topliss-reactive ketones (excluding diaryl/α,β-unsaturated/α-hetero) is 1. The molecule has 0 aromatic heterocycles. The second-order valence-corrected chi connectivity index (χ2v) is 6.04. The molecule has 0 unspecified atom stereocenters. The van der Waals surface area contributed by atoms with Gasteiger partial charge in [0, 0.05) is 23.4 Å². The molecule has 1 amide bonds. The second kappa shape index (κ2) is 9.10. The summed E-state index contributed by atoms with van der Waals surface area (Å²) < 4.78 is 18.8. The largest absolute Gasteiger partial charge is 0.494 e. The zero-order valence-electron chi connectivity index (χ0n) is 15.2. The van der Waals surface area contributed by atoms with Gasteiger partial charge >= 0.3 is 0 Å². The second-order valence-electron chi connectivity index (χ2n) is 6.04. The molecule has 0 saturated heterocycles. The summed E-state index contributed by atoms with van der Waals surface area (Å²) in [5.74, 6) is 0.00743. The zero-order valence-corrected chi connectivity index (χ0v) is 15.2. The van der Waals surface area contributed by atoms with Gasteiger partial charge in [-0.1, -0.05) is 6.07 Å². The molecule has 26 heavy (non-hydrogen) atoms. The zero-order chi connectivity index (χ0) is 19.1. The summed E-state index contributed by atoms with van der Waals surface area (Å²) in [7, 11) is 1.79. The monoisotopic (exact) mass is 358 g/mol. The first-order valence-electron chi connectivity index (χ1n) is 8.39. The van der Waals surface area contributed by atoms with Crippen molar-refractivity contribution in [3.63, 3.8) is 0 Å². The predicted octanol–water partition coefficient (Wildman–Crippen LogP) is 3.50. The normalized spacial score (nSPS) is 10.7.